The summed E-state index contributed by atoms with van der Waals surface area (Å²) in [6.45, 7) is 6.29. The first kappa shape index (κ1) is 20.5. The van der Waals surface area contributed by atoms with Crippen LogP contribution < -0.4 is 19.9 Å². The van der Waals surface area contributed by atoms with Crippen LogP contribution in [-0.2, 0) is 4.79 Å². The van der Waals surface area contributed by atoms with Crippen molar-refractivity contribution in [2.45, 2.75) is 25.9 Å². The monoisotopic (exact) mass is 471 g/mol. The summed E-state index contributed by atoms with van der Waals surface area (Å²) in [6.07, 6.45) is 2.82. The van der Waals surface area contributed by atoms with E-state index in [-0.39, 0.29) is 6.04 Å². The predicted octanol–water partition coefficient (Wildman–Crippen LogP) is 4.01. The fourth-order valence-electron chi connectivity index (χ4n) is 3.89. The summed E-state index contributed by atoms with van der Waals surface area (Å²) in [4.78, 5) is 24.3. The molecule has 0 spiro atoms. The maximum Gasteiger partial charge on any atom is 0.152 e. The van der Waals surface area contributed by atoms with Gasteiger partial charge >= 0.3 is 0 Å². The third-order valence-electron chi connectivity index (χ3n) is 5.21. The molecule has 3 heterocycles. The number of hydrogen-bond donors (Lipinski definition) is 2. The Labute approximate surface area is 184 Å². The molecule has 158 valence electrons. The van der Waals surface area contributed by atoms with E-state index < -0.39 is 0 Å². The molecule has 0 aliphatic carbocycles. The number of aromatic nitrogens is 2. The summed E-state index contributed by atoms with van der Waals surface area (Å²) in [5.74, 6) is 2.65. The maximum atomic E-state index is 12.0. The summed E-state index contributed by atoms with van der Waals surface area (Å²) < 4.78 is 5.53. The highest BCUT2D eigenvalue weighted by atomic mass is 79.9. The average Bonchev–Trinajstić information content (AvgIpc) is 3.17. The van der Waals surface area contributed by atoms with E-state index in [1.807, 2.05) is 30.3 Å². The number of aldehydes is 1. The van der Waals surface area contributed by atoms with Gasteiger partial charge in [0, 0.05) is 42.8 Å². The largest absolute Gasteiger partial charge is 0.482 e. The van der Waals surface area contributed by atoms with Crippen molar-refractivity contribution < 1.29 is 9.53 Å². The maximum absolute atomic E-state index is 12.0. The molecule has 1 aliphatic rings. The molecule has 3 aromatic rings. The van der Waals surface area contributed by atoms with E-state index in [2.05, 4.69) is 60.9 Å². The van der Waals surface area contributed by atoms with E-state index in [1.54, 1.807) is 6.20 Å². The number of nitrogens with one attached hydrogen (secondary N) is 2. The molecule has 2 N–H and O–H groups in total. The quantitative estimate of drug-likeness (QED) is 0.400. The van der Waals surface area contributed by atoms with Crippen LogP contribution in [-0.4, -0.2) is 53.5 Å². The fraction of sp³-hybridized carbons (Fsp3) is 0.364. The Hall–Kier alpha value is -2.74. The van der Waals surface area contributed by atoms with Crippen LogP contribution in [0.5, 0.6) is 5.75 Å². The number of ether oxygens (including phenoxy) is 1. The molecule has 1 aromatic carbocycles. The van der Waals surface area contributed by atoms with Crippen molar-refractivity contribution in [3.8, 4) is 5.75 Å². The van der Waals surface area contributed by atoms with Gasteiger partial charge in [-0.3, -0.25) is 0 Å². The molecule has 2 aromatic heterocycles. The normalized spacial score (nSPS) is 16.9. The average molecular weight is 472 g/mol. The van der Waals surface area contributed by atoms with E-state index in [0.29, 0.717) is 18.1 Å². The number of anilines is 3. The number of alkyl halides is 1. The number of halogens is 1. The number of benzene rings is 1. The Bertz CT molecular complexity index is 1020. The number of pyridine rings is 1. The van der Waals surface area contributed by atoms with Crippen molar-refractivity contribution in [2.75, 3.05) is 40.3 Å². The molecule has 1 aliphatic heterocycles. The smallest absolute Gasteiger partial charge is 0.152 e. The fourth-order valence-corrected chi connectivity index (χ4v) is 4.16. The molecular formula is C22H26BrN5O2. The van der Waals surface area contributed by atoms with Crippen molar-refractivity contribution in [2.24, 2.45) is 0 Å². The number of fused-ring (bicyclic) bond motifs is 1. The van der Waals surface area contributed by atoms with Gasteiger partial charge in [-0.1, -0.05) is 0 Å². The second-order valence-electron chi connectivity index (χ2n) is 7.67. The first-order chi connectivity index (χ1) is 14.6. The molecular weight excluding hydrogens is 446 g/mol. The molecule has 4 rings (SSSR count). The van der Waals surface area contributed by atoms with Crippen LogP contribution in [0.25, 0.3) is 10.9 Å². The zero-order valence-electron chi connectivity index (χ0n) is 17.1. The Kier molecular flexibility index (Phi) is 6.13. The van der Waals surface area contributed by atoms with Crippen molar-refractivity contribution in [1.82, 2.24) is 9.97 Å². The van der Waals surface area contributed by atoms with Crippen LogP contribution in [0.2, 0.25) is 0 Å². The van der Waals surface area contributed by atoms with E-state index >= 15 is 0 Å². The molecule has 0 amide bonds. The Morgan fingerprint density at radius 2 is 2.20 bits per heavy atom. The molecule has 1 unspecified atom stereocenters. The Balaban J connectivity index is 1.56. The number of carbonyl (C=O) groups is 1. The summed E-state index contributed by atoms with van der Waals surface area (Å²) >= 11 is 3.29. The highest BCUT2D eigenvalue weighted by molar-refractivity contribution is 9.09. The molecule has 0 saturated carbocycles. The zero-order chi connectivity index (χ0) is 21.1. The molecule has 1 atom stereocenters. The van der Waals surface area contributed by atoms with E-state index in [0.717, 1.165) is 53.4 Å². The second kappa shape index (κ2) is 8.95. The van der Waals surface area contributed by atoms with Crippen LogP contribution in [0.15, 0.2) is 42.6 Å². The highest BCUT2D eigenvalue weighted by Gasteiger charge is 2.29. The lowest BCUT2D eigenvalue weighted by atomic mass is 10.1. The Morgan fingerprint density at radius 1 is 1.33 bits per heavy atom. The van der Waals surface area contributed by atoms with Crippen LogP contribution in [0.3, 0.4) is 0 Å². The third kappa shape index (κ3) is 4.23. The molecule has 7 nitrogen and oxygen atoms in total. The van der Waals surface area contributed by atoms with Gasteiger partial charge in [0.2, 0.25) is 0 Å². The van der Waals surface area contributed by atoms with Gasteiger partial charge in [-0.25, -0.2) is 4.98 Å². The van der Waals surface area contributed by atoms with Crippen molar-refractivity contribution in [1.29, 1.82) is 0 Å². The molecule has 8 heteroatoms. The number of rotatable bonds is 7. The number of aromatic amines is 1. The first-order valence-electron chi connectivity index (χ1n) is 10.1. The van der Waals surface area contributed by atoms with Gasteiger partial charge in [0.15, 0.2) is 5.82 Å². The summed E-state index contributed by atoms with van der Waals surface area (Å²) in [7, 11) is 0. The SMILES string of the molecule is CC(C)Nc1cccnc1N1CCN(c2cc3cc(OCBr)ccc3[nH]2)C(C=O)C1. The van der Waals surface area contributed by atoms with Crippen LogP contribution in [0.1, 0.15) is 13.8 Å². The van der Waals surface area contributed by atoms with E-state index in [4.69, 9.17) is 4.74 Å². The van der Waals surface area contributed by atoms with Gasteiger partial charge < -0.3 is 29.6 Å². The summed E-state index contributed by atoms with van der Waals surface area (Å²) in [6, 6.07) is 12.0. The van der Waals surface area contributed by atoms with E-state index in [1.165, 1.54) is 0 Å². The van der Waals surface area contributed by atoms with Crippen molar-refractivity contribution >= 4 is 50.4 Å². The predicted molar refractivity (Wildman–Crippen MR) is 125 cm³/mol. The lowest BCUT2D eigenvalue weighted by molar-refractivity contribution is -0.109. The third-order valence-corrected chi connectivity index (χ3v) is 5.44. The minimum absolute atomic E-state index is 0.265. The van der Waals surface area contributed by atoms with Gasteiger partial charge in [0.1, 0.15) is 29.4 Å². The first-order valence-corrected chi connectivity index (χ1v) is 11.2. The van der Waals surface area contributed by atoms with Crippen LogP contribution in [0, 0.1) is 0 Å². The Morgan fingerprint density at radius 3 is 2.97 bits per heavy atom. The van der Waals surface area contributed by atoms with Gasteiger partial charge in [-0.05, 0) is 66.2 Å². The number of piperazine rings is 1. The van der Waals surface area contributed by atoms with Gasteiger partial charge in [0.05, 0.1) is 5.69 Å². The number of nitrogens with zero attached hydrogens (tertiary/aromatic N) is 3. The topological polar surface area (TPSA) is 73.5 Å². The number of H-pyrrole nitrogens is 1. The van der Waals surface area contributed by atoms with Crippen LogP contribution >= 0.6 is 15.9 Å². The summed E-state index contributed by atoms with van der Waals surface area (Å²) in [5.41, 5.74) is 2.47. The molecule has 1 fully saturated rings. The molecule has 1 saturated heterocycles. The lowest BCUT2D eigenvalue weighted by Crippen LogP contribution is -2.54. The zero-order valence-corrected chi connectivity index (χ0v) is 18.7. The van der Waals surface area contributed by atoms with Gasteiger partial charge in [-0.15, -0.1) is 0 Å². The minimum atomic E-state index is -0.265. The lowest BCUT2D eigenvalue weighted by Gasteiger charge is -2.40. The molecule has 0 bridgehead atoms. The summed E-state index contributed by atoms with van der Waals surface area (Å²) in [5, 5.41) is 4.51. The number of hydrogen-bond acceptors (Lipinski definition) is 6. The minimum Gasteiger partial charge on any atom is -0.482 e. The highest BCUT2D eigenvalue weighted by Crippen LogP contribution is 2.30. The van der Waals surface area contributed by atoms with Gasteiger partial charge in [0.25, 0.3) is 0 Å². The molecule has 0 radical (unpaired) electrons. The standard InChI is InChI=1S/C22H26BrN5O2/c1-15(2)25-20-4-3-7-24-22(20)27-8-9-28(17(12-27)13-29)21-11-16-10-18(30-14-23)5-6-19(16)26-21/h3-7,10-11,13,15,17,25-26H,8-9,12,14H2,1-2H3. The molecule has 30 heavy (non-hydrogen) atoms. The van der Waals surface area contributed by atoms with Gasteiger partial charge in [-0.2, -0.15) is 0 Å². The second-order valence-corrected chi connectivity index (χ2v) is 8.13. The van der Waals surface area contributed by atoms with Crippen molar-refractivity contribution in [3.63, 3.8) is 0 Å². The number of carbonyl (C=O) groups excluding carboxylic acids is 1. The van der Waals surface area contributed by atoms with Crippen molar-refractivity contribution in [3.05, 3.63) is 42.6 Å². The van der Waals surface area contributed by atoms with E-state index in [9.17, 15) is 4.79 Å². The van der Waals surface area contributed by atoms with Crippen LogP contribution in [0.4, 0.5) is 17.3 Å².